The number of rotatable bonds is 8. The van der Waals surface area contributed by atoms with Crippen molar-refractivity contribution >= 4 is 37.2 Å². The zero-order chi connectivity index (χ0) is 19.0. The van der Waals surface area contributed by atoms with Gasteiger partial charge in [0.1, 0.15) is 5.75 Å². The smallest absolute Gasteiger partial charge is 0.345 e. The largest absolute Gasteiger partial charge is 0.423 e. The highest BCUT2D eigenvalue weighted by atomic mass is 35.5. The fourth-order valence-corrected chi connectivity index (χ4v) is 3.20. The van der Waals surface area contributed by atoms with Crippen molar-refractivity contribution < 1.29 is 4.74 Å². The molecular weight excluding hydrogens is 461 g/mol. The molecule has 170 valence electrons. The van der Waals surface area contributed by atoms with Crippen LogP contribution in [0.25, 0.3) is 5.69 Å². The van der Waals surface area contributed by atoms with E-state index in [4.69, 9.17) is 4.74 Å². The van der Waals surface area contributed by atoms with E-state index in [-0.39, 0.29) is 37.2 Å². The summed E-state index contributed by atoms with van der Waals surface area (Å²) in [6.07, 6.45) is 0. The third-order valence-electron chi connectivity index (χ3n) is 4.69. The predicted molar refractivity (Wildman–Crippen MR) is 128 cm³/mol. The second kappa shape index (κ2) is 14.2. The monoisotopic (exact) mass is 487 g/mol. The third kappa shape index (κ3) is 7.92. The molecule has 0 unspecified atom stereocenters. The first-order valence-corrected chi connectivity index (χ1v) is 9.63. The maximum absolute atomic E-state index is 5.93. The molecule has 2 N–H and O–H groups in total. The quantitative estimate of drug-likeness (QED) is 0.472. The van der Waals surface area contributed by atoms with Crippen molar-refractivity contribution in [3.05, 3.63) is 60.2 Å². The molecule has 0 saturated carbocycles. The minimum atomic E-state index is 0. The zero-order valence-electron chi connectivity index (χ0n) is 17.0. The highest BCUT2D eigenvalue weighted by molar-refractivity contribution is 5.86. The number of aromatic nitrogens is 4. The number of tetrazole rings is 1. The number of hydrogen-bond acceptors (Lipinski definition) is 7. The summed E-state index contributed by atoms with van der Waals surface area (Å²) in [5.74, 6) is 0.716. The molecule has 1 aliphatic heterocycles. The molecule has 0 aliphatic carbocycles. The SMILES string of the molecule is Cl.Cl.Cl.c1ccc(-n2nnnc2Oc2cccc(CNCCN3CCNCC3)c2)cc1. The Kier molecular flexibility index (Phi) is 12.4. The van der Waals surface area contributed by atoms with E-state index in [2.05, 4.69) is 37.1 Å². The van der Waals surface area contributed by atoms with E-state index >= 15 is 0 Å². The van der Waals surface area contributed by atoms with Crippen LogP contribution in [0.3, 0.4) is 0 Å². The lowest BCUT2D eigenvalue weighted by Gasteiger charge is -2.27. The summed E-state index contributed by atoms with van der Waals surface area (Å²) in [6.45, 7) is 7.26. The van der Waals surface area contributed by atoms with E-state index in [0.29, 0.717) is 11.8 Å². The van der Waals surface area contributed by atoms with E-state index in [1.54, 1.807) is 4.68 Å². The van der Waals surface area contributed by atoms with Gasteiger partial charge in [-0.2, -0.15) is 4.68 Å². The highest BCUT2D eigenvalue weighted by Gasteiger charge is 2.11. The van der Waals surface area contributed by atoms with Crippen molar-refractivity contribution in [2.24, 2.45) is 0 Å². The van der Waals surface area contributed by atoms with Gasteiger partial charge in [-0.05, 0) is 40.3 Å². The van der Waals surface area contributed by atoms with Crippen LogP contribution in [-0.2, 0) is 6.54 Å². The van der Waals surface area contributed by atoms with Gasteiger partial charge >= 0.3 is 6.01 Å². The molecule has 2 aromatic carbocycles. The number of piperazine rings is 1. The van der Waals surface area contributed by atoms with Crippen LogP contribution in [-0.4, -0.2) is 64.4 Å². The summed E-state index contributed by atoms with van der Waals surface area (Å²) in [5.41, 5.74) is 2.02. The second-order valence-electron chi connectivity index (χ2n) is 6.73. The maximum atomic E-state index is 5.93. The highest BCUT2D eigenvalue weighted by Crippen LogP contribution is 2.22. The lowest BCUT2D eigenvalue weighted by Crippen LogP contribution is -2.45. The fourth-order valence-electron chi connectivity index (χ4n) is 3.20. The van der Waals surface area contributed by atoms with Crippen molar-refractivity contribution in [1.29, 1.82) is 0 Å². The van der Waals surface area contributed by atoms with Crippen LogP contribution in [0.2, 0.25) is 0 Å². The molecule has 0 amide bonds. The summed E-state index contributed by atoms with van der Waals surface area (Å²) >= 11 is 0. The number of halogens is 3. The molecule has 8 nitrogen and oxygen atoms in total. The first kappa shape index (κ1) is 27.1. The minimum Gasteiger partial charge on any atom is -0.423 e. The topological polar surface area (TPSA) is 80.1 Å². The van der Waals surface area contributed by atoms with Crippen molar-refractivity contribution in [2.75, 3.05) is 39.3 Å². The van der Waals surface area contributed by atoms with Crippen LogP contribution in [0.15, 0.2) is 54.6 Å². The average molecular weight is 489 g/mol. The molecule has 11 heteroatoms. The van der Waals surface area contributed by atoms with E-state index in [9.17, 15) is 0 Å². The number of ether oxygens (including phenoxy) is 1. The molecule has 3 aromatic rings. The van der Waals surface area contributed by atoms with Crippen molar-refractivity contribution in [1.82, 2.24) is 35.7 Å². The summed E-state index contributed by atoms with van der Waals surface area (Å²) in [5, 5.41) is 18.6. The molecule has 4 rings (SSSR count). The maximum Gasteiger partial charge on any atom is 0.345 e. The van der Waals surface area contributed by atoms with Crippen LogP contribution < -0.4 is 15.4 Å². The molecule has 0 atom stereocenters. The minimum absolute atomic E-state index is 0. The predicted octanol–water partition coefficient (Wildman–Crippen LogP) is 2.71. The van der Waals surface area contributed by atoms with Gasteiger partial charge in [-0.3, -0.25) is 4.90 Å². The Balaban J connectivity index is 0.00000160. The van der Waals surface area contributed by atoms with Crippen molar-refractivity contribution in [3.63, 3.8) is 0 Å². The molecule has 0 spiro atoms. The molecule has 1 aromatic heterocycles. The first-order valence-electron chi connectivity index (χ1n) is 9.63. The van der Waals surface area contributed by atoms with Gasteiger partial charge in [-0.15, -0.1) is 37.2 Å². The van der Waals surface area contributed by atoms with Crippen molar-refractivity contribution in [2.45, 2.75) is 6.54 Å². The molecule has 1 saturated heterocycles. The number of benzene rings is 2. The lowest BCUT2D eigenvalue weighted by molar-refractivity contribution is 0.241. The van der Waals surface area contributed by atoms with Crippen LogP contribution in [0.1, 0.15) is 5.56 Å². The molecule has 1 aliphatic rings. The van der Waals surface area contributed by atoms with Gasteiger partial charge in [-0.25, -0.2) is 0 Å². The Hall–Kier alpha value is -1.94. The number of hydrogen-bond donors (Lipinski definition) is 2. The number of para-hydroxylation sites is 1. The van der Waals surface area contributed by atoms with Crippen LogP contribution >= 0.6 is 37.2 Å². The standard InChI is InChI=1S/C20H25N7O.3ClH/c1-2-6-18(7-3-1)27-20(23-24-25-27)28-19-8-4-5-17(15-19)16-22-11-14-26-12-9-21-10-13-26;;;/h1-8,15,21-22H,9-14,16H2;3*1H. The van der Waals surface area contributed by atoms with Gasteiger partial charge in [0.05, 0.1) is 5.69 Å². The molecule has 2 heterocycles. The van der Waals surface area contributed by atoms with Gasteiger partial charge in [0.2, 0.25) is 0 Å². The van der Waals surface area contributed by atoms with Gasteiger partial charge in [0.25, 0.3) is 0 Å². The Morgan fingerprint density at radius 2 is 1.74 bits per heavy atom. The molecule has 31 heavy (non-hydrogen) atoms. The molecular formula is C20H28Cl3N7O. The first-order chi connectivity index (χ1) is 13.9. The van der Waals surface area contributed by atoms with E-state index in [1.165, 1.54) is 0 Å². The van der Waals surface area contributed by atoms with E-state index in [0.717, 1.165) is 57.1 Å². The van der Waals surface area contributed by atoms with Gasteiger partial charge in [-0.1, -0.05) is 35.4 Å². The Bertz CT molecular complexity index is 876. The van der Waals surface area contributed by atoms with Gasteiger partial charge < -0.3 is 15.4 Å². The number of nitrogens with one attached hydrogen (secondary N) is 2. The summed E-state index contributed by atoms with van der Waals surface area (Å²) in [4.78, 5) is 2.48. The van der Waals surface area contributed by atoms with Crippen LogP contribution in [0.4, 0.5) is 0 Å². The molecule has 1 fully saturated rings. The molecule has 0 radical (unpaired) electrons. The van der Waals surface area contributed by atoms with Crippen molar-refractivity contribution in [3.8, 4) is 17.4 Å². The van der Waals surface area contributed by atoms with Gasteiger partial charge in [0.15, 0.2) is 0 Å². The second-order valence-corrected chi connectivity index (χ2v) is 6.73. The normalized spacial score (nSPS) is 13.4. The zero-order valence-corrected chi connectivity index (χ0v) is 19.5. The lowest BCUT2D eigenvalue weighted by atomic mass is 10.2. The summed E-state index contributed by atoms with van der Waals surface area (Å²) < 4.78 is 7.51. The third-order valence-corrected chi connectivity index (χ3v) is 4.69. The average Bonchev–Trinajstić information content (AvgIpc) is 3.21. The Morgan fingerprint density at radius 3 is 2.52 bits per heavy atom. The van der Waals surface area contributed by atoms with E-state index < -0.39 is 0 Å². The van der Waals surface area contributed by atoms with Gasteiger partial charge in [0, 0.05) is 45.8 Å². The number of nitrogens with zero attached hydrogens (tertiary/aromatic N) is 5. The summed E-state index contributed by atoms with van der Waals surface area (Å²) in [7, 11) is 0. The fraction of sp³-hybridized carbons (Fsp3) is 0.350. The van der Waals surface area contributed by atoms with E-state index in [1.807, 2.05) is 48.5 Å². The summed E-state index contributed by atoms with van der Waals surface area (Å²) in [6, 6.07) is 18.0. The Morgan fingerprint density at radius 1 is 0.968 bits per heavy atom. The van der Waals surface area contributed by atoms with Crippen LogP contribution in [0.5, 0.6) is 11.8 Å². The molecule has 0 bridgehead atoms. The van der Waals surface area contributed by atoms with Crippen LogP contribution in [0, 0.1) is 0 Å². The Labute approximate surface area is 201 Å².